The number of methoxy groups -OCH3 is 1. The van der Waals surface area contributed by atoms with Gasteiger partial charge in [0.25, 0.3) is 11.8 Å². The Morgan fingerprint density at radius 1 is 1.17 bits per heavy atom. The summed E-state index contributed by atoms with van der Waals surface area (Å²) in [5.74, 6) is 0.606. The number of carbonyl (C=O) groups excluding carboxylic acids is 2. The Morgan fingerprint density at radius 2 is 1.93 bits per heavy atom. The zero-order chi connectivity index (χ0) is 21.7. The van der Waals surface area contributed by atoms with Crippen molar-refractivity contribution in [1.29, 1.82) is 0 Å². The Hall–Kier alpha value is -3.68. The third kappa shape index (κ3) is 4.83. The highest BCUT2D eigenvalue weighted by Crippen LogP contribution is 2.31. The fraction of sp³-hybridized carbons (Fsp3) is 0.273. The molecule has 0 aliphatic rings. The third-order valence-corrected chi connectivity index (χ3v) is 4.38. The molecule has 3 aromatic rings. The Bertz CT molecular complexity index is 1060. The molecule has 2 aromatic carbocycles. The van der Waals surface area contributed by atoms with Crippen LogP contribution in [0.5, 0.6) is 5.75 Å². The van der Waals surface area contributed by atoms with E-state index in [1.54, 1.807) is 24.3 Å². The quantitative estimate of drug-likeness (QED) is 0.589. The van der Waals surface area contributed by atoms with Gasteiger partial charge in [-0.3, -0.25) is 4.79 Å². The molecular formula is C22H23N3O5. The van der Waals surface area contributed by atoms with Gasteiger partial charge < -0.3 is 19.3 Å². The predicted molar refractivity (Wildman–Crippen MR) is 110 cm³/mol. The highest BCUT2D eigenvalue weighted by atomic mass is 16.6. The van der Waals surface area contributed by atoms with Gasteiger partial charge in [0.1, 0.15) is 5.75 Å². The molecule has 156 valence electrons. The van der Waals surface area contributed by atoms with Gasteiger partial charge in [0, 0.05) is 11.5 Å². The number of amides is 1. The number of benzene rings is 2. The van der Waals surface area contributed by atoms with Crippen molar-refractivity contribution >= 4 is 17.6 Å². The van der Waals surface area contributed by atoms with Crippen molar-refractivity contribution in [3.8, 4) is 17.2 Å². The van der Waals surface area contributed by atoms with Gasteiger partial charge in [-0.1, -0.05) is 37.2 Å². The van der Waals surface area contributed by atoms with E-state index in [1.807, 2.05) is 39.0 Å². The van der Waals surface area contributed by atoms with E-state index in [2.05, 4.69) is 20.2 Å². The first-order valence-electron chi connectivity index (χ1n) is 9.43. The molecule has 0 aliphatic heterocycles. The number of carbonyl (C=O) groups is 2. The van der Waals surface area contributed by atoms with Gasteiger partial charge in [0.15, 0.2) is 12.4 Å². The van der Waals surface area contributed by atoms with Crippen molar-refractivity contribution in [2.45, 2.75) is 26.7 Å². The molecule has 0 fully saturated rings. The summed E-state index contributed by atoms with van der Waals surface area (Å²) < 4.78 is 15.3. The van der Waals surface area contributed by atoms with E-state index in [0.29, 0.717) is 34.3 Å². The molecule has 0 saturated heterocycles. The van der Waals surface area contributed by atoms with Gasteiger partial charge in [-0.25, -0.2) is 4.79 Å². The number of esters is 1. The summed E-state index contributed by atoms with van der Waals surface area (Å²) in [6.07, 6.45) is 0. The van der Waals surface area contributed by atoms with Crippen LogP contribution >= 0.6 is 0 Å². The molecule has 8 nitrogen and oxygen atoms in total. The molecule has 3 rings (SSSR count). The molecule has 0 bridgehead atoms. The van der Waals surface area contributed by atoms with E-state index in [-0.39, 0.29) is 18.4 Å². The first-order chi connectivity index (χ1) is 14.4. The minimum atomic E-state index is -0.505. The maximum Gasteiger partial charge on any atom is 0.343 e. The molecule has 1 heterocycles. The second-order valence-electron chi connectivity index (χ2n) is 6.96. The first-order valence-corrected chi connectivity index (χ1v) is 9.43. The van der Waals surface area contributed by atoms with Crippen molar-refractivity contribution in [2.75, 3.05) is 19.0 Å². The third-order valence-electron chi connectivity index (χ3n) is 4.38. The summed E-state index contributed by atoms with van der Waals surface area (Å²) >= 11 is 0. The zero-order valence-electron chi connectivity index (χ0n) is 17.3. The van der Waals surface area contributed by atoms with Crippen LogP contribution in [0.25, 0.3) is 11.5 Å². The lowest BCUT2D eigenvalue weighted by molar-refractivity contribution is -0.142. The molecule has 0 unspecified atom stereocenters. The highest BCUT2D eigenvalue weighted by Gasteiger charge is 2.18. The van der Waals surface area contributed by atoms with Gasteiger partial charge in [-0.15, -0.1) is 0 Å². The number of nitrogens with zero attached hydrogens (tertiary/aromatic N) is 2. The van der Waals surface area contributed by atoms with E-state index in [9.17, 15) is 9.59 Å². The summed E-state index contributed by atoms with van der Waals surface area (Å²) in [4.78, 5) is 28.6. The Balaban J connectivity index is 1.84. The number of aromatic nitrogens is 2. The molecule has 0 spiro atoms. The number of nitrogens with one attached hydrogen (secondary N) is 1. The number of hydrogen-bond donors (Lipinski definition) is 1. The van der Waals surface area contributed by atoms with E-state index >= 15 is 0 Å². The molecule has 0 saturated carbocycles. The lowest BCUT2D eigenvalue weighted by Crippen LogP contribution is -2.15. The fourth-order valence-corrected chi connectivity index (χ4v) is 2.70. The molecular weight excluding hydrogens is 386 g/mol. The lowest BCUT2D eigenvalue weighted by Gasteiger charge is -2.12. The van der Waals surface area contributed by atoms with Crippen LogP contribution in [0, 0.1) is 6.92 Å². The summed E-state index contributed by atoms with van der Waals surface area (Å²) in [6.45, 7) is 5.60. The minimum Gasteiger partial charge on any atom is -0.482 e. The predicted octanol–water partition coefficient (Wildman–Crippen LogP) is 3.97. The molecule has 30 heavy (non-hydrogen) atoms. The minimum absolute atomic E-state index is 0.123. The lowest BCUT2D eigenvalue weighted by atomic mass is 10.1. The highest BCUT2D eigenvalue weighted by molar-refractivity contribution is 6.06. The summed E-state index contributed by atoms with van der Waals surface area (Å²) in [5.41, 5.74) is 2.45. The van der Waals surface area contributed by atoms with Crippen LogP contribution < -0.4 is 10.1 Å². The molecule has 0 radical (unpaired) electrons. The SMILES string of the molecule is COC(=O)COc1cccc(C(=O)Nc2c(C)cccc2-c2nc(C(C)C)no2)c1. The van der Waals surface area contributed by atoms with Crippen LogP contribution in [-0.4, -0.2) is 35.7 Å². The largest absolute Gasteiger partial charge is 0.482 e. The molecule has 1 aromatic heterocycles. The summed E-state index contributed by atoms with van der Waals surface area (Å²) in [5, 5.41) is 6.92. The van der Waals surface area contributed by atoms with Gasteiger partial charge in [0.05, 0.1) is 18.4 Å². The average molecular weight is 409 g/mol. The molecule has 8 heteroatoms. The molecule has 1 N–H and O–H groups in total. The van der Waals surface area contributed by atoms with E-state index in [0.717, 1.165) is 5.56 Å². The monoisotopic (exact) mass is 409 g/mol. The first kappa shape index (κ1) is 21.0. The van der Waals surface area contributed by atoms with Gasteiger partial charge >= 0.3 is 5.97 Å². The number of hydrogen-bond acceptors (Lipinski definition) is 7. The van der Waals surface area contributed by atoms with Crippen molar-refractivity contribution < 1.29 is 23.6 Å². The topological polar surface area (TPSA) is 104 Å². The maximum atomic E-state index is 12.9. The van der Waals surface area contributed by atoms with Gasteiger partial charge in [-0.2, -0.15) is 4.98 Å². The summed E-state index contributed by atoms with van der Waals surface area (Å²) in [7, 11) is 1.28. The molecule has 0 atom stereocenters. The Morgan fingerprint density at radius 3 is 2.63 bits per heavy atom. The number of para-hydroxylation sites is 1. The van der Waals surface area contributed by atoms with Crippen molar-refractivity contribution in [3.63, 3.8) is 0 Å². The van der Waals surface area contributed by atoms with Crippen LogP contribution in [0.3, 0.4) is 0 Å². The fourth-order valence-electron chi connectivity index (χ4n) is 2.70. The Kier molecular flexibility index (Phi) is 6.46. The summed E-state index contributed by atoms with van der Waals surface area (Å²) in [6, 6.07) is 12.1. The van der Waals surface area contributed by atoms with Crippen LogP contribution in [0.4, 0.5) is 5.69 Å². The Labute approximate surface area is 174 Å². The van der Waals surface area contributed by atoms with Crippen molar-refractivity contribution in [2.24, 2.45) is 0 Å². The number of aryl methyl sites for hydroxylation is 1. The van der Waals surface area contributed by atoms with Crippen LogP contribution in [-0.2, 0) is 9.53 Å². The molecule has 0 aliphatic carbocycles. The van der Waals surface area contributed by atoms with Crippen molar-refractivity contribution in [1.82, 2.24) is 10.1 Å². The van der Waals surface area contributed by atoms with Gasteiger partial charge in [-0.05, 0) is 36.8 Å². The maximum absolute atomic E-state index is 12.9. The van der Waals surface area contributed by atoms with E-state index in [1.165, 1.54) is 7.11 Å². The zero-order valence-corrected chi connectivity index (χ0v) is 17.3. The number of rotatable bonds is 7. The number of anilines is 1. The van der Waals surface area contributed by atoms with Crippen LogP contribution in [0.1, 0.15) is 41.5 Å². The van der Waals surface area contributed by atoms with Crippen molar-refractivity contribution in [3.05, 3.63) is 59.4 Å². The average Bonchev–Trinajstić information content (AvgIpc) is 3.24. The standard InChI is InChI=1S/C22H23N3O5/c1-13(2)20-24-22(30-25-20)17-10-5-7-14(3)19(17)23-21(27)15-8-6-9-16(11-15)29-12-18(26)28-4/h5-11,13H,12H2,1-4H3,(H,23,27). The molecule has 1 amide bonds. The van der Waals surface area contributed by atoms with Gasteiger partial charge in [0.2, 0.25) is 0 Å². The smallest absolute Gasteiger partial charge is 0.343 e. The normalized spacial score (nSPS) is 10.7. The van der Waals surface area contributed by atoms with Crippen LogP contribution in [0.2, 0.25) is 0 Å². The van der Waals surface area contributed by atoms with E-state index < -0.39 is 5.97 Å². The van der Waals surface area contributed by atoms with Crippen LogP contribution in [0.15, 0.2) is 47.0 Å². The second-order valence-corrected chi connectivity index (χ2v) is 6.96. The second kappa shape index (κ2) is 9.21. The van der Waals surface area contributed by atoms with E-state index in [4.69, 9.17) is 9.26 Å². The number of ether oxygens (including phenoxy) is 2.